The van der Waals surface area contributed by atoms with Crippen LogP contribution in [0.2, 0.25) is 0 Å². The Morgan fingerprint density at radius 1 is 1.33 bits per heavy atom. The van der Waals surface area contributed by atoms with Crippen molar-refractivity contribution in [3.05, 3.63) is 52.2 Å². The van der Waals surface area contributed by atoms with Crippen molar-refractivity contribution >= 4 is 17.4 Å². The van der Waals surface area contributed by atoms with E-state index in [4.69, 9.17) is 4.74 Å². The van der Waals surface area contributed by atoms with Gasteiger partial charge >= 0.3 is 6.03 Å². The van der Waals surface area contributed by atoms with Crippen molar-refractivity contribution in [2.24, 2.45) is 0 Å². The number of thiophene rings is 1. The van der Waals surface area contributed by atoms with Crippen molar-refractivity contribution in [3.8, 4) is 5.75 Å². The fourth-order valence-corrected chi connectivity index (χ4v) is 2.77. The van der Waals surface area contributed by atoms with Gasteiger partial charge in [-0.2, -0.15) is 0 Å². The van der Waals surface area contributed by atoms with Gasteiger partial charge < -0.3 is 15.0 Å². The molecule has 1 N–H and O–H groups in total. The number of nitrogens with zero attached hydrogens (tertiary/aromatic N) is 1. The van der Waals surface area contributed by atoms with Gasteiger partial charge in [0.05, 0.1) is 13.2 Å². The Kier molecular flexibility index (Phi) is 5.22. The quantitative estimate of drug-likeness (QED) is 0.916. The summed E-state index contributed by atoms with van der Waals surface area (Å²) >= 11 is 1.66. The molecule has 0 radical (unpaired) electrons. The minimum Gasteiger partial charge on any atom is -0.497 e. The van der Waals surface area contributed by atoms with Crippen molar-refractivity contribution in [3.63, 3.8) is 0 Å². The number of rotatable bonds is 5. The van der Waals surface area contributed by atoms with E-state index in [0.717, 1.165) is 11.3 Å². The first kappa shape index (κ1) is 15.4. The number of benzene rings is 1. The molecule has 1 atom stereocenters. The molecule has 0 bridgehead atoms. The van der Waals surface area contributed by atoms with Crippen molar-refractivity contribution in [2.75, 3.05) is 14.2 Å². The lowest BCUT2D eigenvalue weighted by molar-refractivity contribution is 0.194. The number of methoxy groups -OCH3 is 1. The molecule has 1 heterocycles. The summed E-state index contributed by atoms with van der Waals surface area (Å²) in [6.45, 7) is 2.53. The highest BCUT2D eigenvalue weighted by Gasteiger charge is 2.17. The SMILES string of the molecule is COc1ccc(CNC(=O)N(C)[C@H](C)c2cccs2)cc1. The summed E-state index contributed by atoms with van der Waals surface area (Å²) in [4.78, 5) is 15.1. The van der Waals surface area contributed by atoms with E-state index in [9.17, 15) is 4.79 Å². The zero-order valence-electron chi connectivity index (χ0n) is 12.5. The molecule has 1 aromatic heterocycles. The van der Waals surface area contributed by atoms with Crippen LogP contribution in [0.3, 0.4) is 0 Å². The van der Waals surface area contributed by atoms with E-state index in [0.29, 0.717) is 6.54 Å². The zero-order chi connectivity index (χ0) is 15.2. The van der Waals surface area contributed by atoms with E-state index in [1.165, 1.54) is 4.88 Å². The molecular formula is C16H20N2O2S. The number of urea groups is 1. The third-order valence-corrected chi connectivity index (χ3v) is 4.50. The minimum absolute atomic E-state index is 0.0702. The Morgan fingerprint density at radius 2 is 2.05 bits per heavy atom. The second-order valence-corrected chi connectivity index (χ2v) is 5.79. The van der Waals surface area contributed by atoms with Crippen LogP contribution in [0.4, 0.5) is 4.79 Å². The van der Waals surface area contributed by atoms with Crippen LogP contribution in [0.1, 0.15) is 23.4 Å². The molecule has 0 unspecified atom stereocenters. The van der Waals surface area contributed by atoms with Crippen LogP contribution >= 0.6 is 11.3 Å². The third kappa shape index (κ3) is 3.98. The summed E-state index contributed by atoms with van der Waals surface area (Å²) in [5.74, 6) is 0.813. The Balaban J connectivity index is 1.88. The van der Waals surface area contributed by atoms with Gasteiger partial charge in [0, 0.05) is 18.5 Å². The maximum atomic E-state index is 12.2. The molecule has 1 aromatic carbocycles. The molecule has 0 saturated heterocycles. The molecule has 2 amide bonds. The topological polar surface area (TPSA) is 41.6 Å². The molecule has 5 heteroatoms. The van der Waals surface area contributed by atoms with Gasteiger partial charge in [-0.3, -0.25) is 0 Å². The highest BCUT2D eigenvalue weighted by molar-refractivity contribution is 7.10. The molecule has 0 saturated carbocycles. The molecule has 0 aliphatic heterocycles. The van der Waals surface area contributed by atoms with Crippen LogP contribution in [-0.4, -0.2) is 25.1 Å². The first-order chi connectivity index (χ1) is 10.1. The molecule has 0 aliphatic rings. The van der Waals surface area contributed by atoms with Gasteiger partial charge in [-0.05, 0) is 36.1 Å². The van der Waals surface area contributed by atoms with E-state index in [2.05, 4.69) is 5.32 Å². The van der Waals surface area contributed by atoms with E-state index >= 15 is 0 Å². The predicted octanol–water partition coefficient (Wildman–Crippen LogP) is 3.66. The molecule has 0 aliphatic carbocycles. The van der Waals surface area contributed by atoms with Crippen LogP contribution in [0.25, 0.3) is 0 Å². The Morgan fingerprint density at radius 3 is 2.62 bits per heavy atom. The summed E-state index contributed by atoms with van der Waals surface area (Å²) in [7, 11) is 3.45. The first-order valence-corrected chi connectivity index (χ1v) is 7.66. The van der Waals surface area contributed by atoms with Crippen molar-refractivity contribution in [2.45, 2.75) is 19.5 Å². The average Bonchev–Trinajstić information content (AvgIpc) is 3.06. The zero-order valence-corrected chi connectivity index (χ0v) is 13.3. The van der Waals surface area contributed by atoms with E-state index < -0.39 is 0 Å². The lowest BCUT2D eigenvalue weighted by atomic mass is 10.2. The highest BCUT2D eigenvalue weighted by Crippen LogP contribution is 2.23. The largest absolute Gasteiger partial charge is 0.497 e. The summed E-state index contributed by atoms with van der Waals surface area (Å²) in [5, 5.41) is 4.95. The number of nitrogens with one attached hydrogen (secondary N) is 1. The summed E-state index contributed by atoms with van der Waals surface area (Å²) in [5.41, 5.74) is 1.04. The molecular weight excluding hydrogens is 284 g/mol. The maximum absolute atomic E-state index is 12.2. The minimum atomic E-state index is -0.0771. The molecule has 0 spiro atoms. The van der Waals surface area contributed by atoms with Gasteiger partial charge in [0.1, 0.15) is 5.75 Å². The summed E-state index contributed by atoms with van der Waals surface area (Å²) in [6, 6.07) is 11.7. The number of carbonyl (C=O) groups is 1. The maximum Gasteiger partial charge on any atom is 0.317 e. The lowest BCUT2D eigenvalue weighted by Gasteiger charge is -2.24. The smallest absolute Gasteiger partial charge is 0.317 e. The molecule has 21 heavy (non-hydrogen) atoms. The molecule has 2 aromatic rings. The highest BCUT2D eigenvalue weighted by atomic mass is 32.1. The van der Waals surface area contributed by atoms with E-state index in [1.54, 1.807) is 23.3 Å². The van der Waals surface area contributed by atoms with E-state index in [1.807, 2.05) is 55.7 Å². The van der Waals surface area contributed by atoms with Crippen LogP contribution in [0.15, 0.2) is 41.8 Å². The number of hydrogen-bond acceptors (Lipinski definition) is 3. The second kappa shape index (κ2) is 7.13. The fourth-order valence-electron chi connectivity index (χ4n) is 1.94. The van der Waals surface area contributed by atoms with Crippen molar-refractivity contribution < 1.29 is 9.53 Å². The van der Waals surface area contributed by atoms with Crippen molar-refractivity contribution in [1.82, 2.24) is 10.2 Å². The van der Waals surface area contributed by atoms with E-state index in [-0.39, 0.29) is 12.1 Å². The molecule has 4 nitrogen and oxygen atoms in total. The van der Waals surface area contributed by atoms with Crippen LogP contribution in [0, 0.1) is 0 Å². The van der Waals surface area contributed by atoms with Gasteiger partial charge in [0.15, 0.2) is 0 Å². The van der Waals surface area contributed by atoms with Crippen LogP contribution in [0.5, 0.6) is 5.75 Å². The normalized spacial score (nSPS) is 11.8. The monoisotopic (exact) mass is 304 g/mol. The van der Waals surface area contributed by atoms with Gasteiger partial charge in [-0.15, -0.1) is 11.3 Å². The van der Waals surface area contributed by atoms with Gasteiger partial charge in [0.2, 0.25) is 0 Å². The third-order valence-electron chi connectivity index (χ3n) is 3.46. The van der Waals surface area contributed by atoms with Gasteiger partial charge in [-0.1, -0.05) is 18.2 Å². The number of carbonyl (C=O) groups excluding carboxylic acids is 1. The second-order valence-electron chi connectivity index (χ2n) is 4.81. The molecule has 0 fully saturated rings. The van der Waals surface area contributed by atoms with Gasteiger partial charge in [0.25, 0.3) is 0 Å². The van der Waals surface area contributed by atoms with Crippen molar-refractivity contribution in [1.29, 1.82) is 0 Å². The summed E-state index contributed by atoms with van der Waals surface area (Å²) < 4.78 is 5.11. The average molecular weight is 304 g/mol. The molecule has 2 rings (SSSR count). The Hall–Kier alpha value is -2.01. The first-order valence-electron chi connectivity index (χ1n) is 6.79. The number of amides is 2. The van der Waals surface area contributed by atoms with Gasteiger partial charge in [-0.25, -0.2) is 4.79 Å². The predicted molar refractivity (Wildman–Crippen MR) is 85.7 cm³/mol. The number of ether oxygens (including phenoxy) is 1. The number of hydrogen-bond donors (Lipinski definition) is 1. The standard InChI is InChI=1S/C16H20N2O2S/c1-12(15-5-4-10-21-15)18(2)16(19)17-11-13-6-8-14(20-3)9-7-13/h4-10,12H,11H2,1-3H3,(H,17,19)/t12-/m1/s1. The Labute approximate surface area is 129 Å². The fraction of sp³-hybridized carbons (Fsp3) is 0.312. The van der Waals surface area contributed by atoms with Crippen LogP contribution < -0.4 is 10.1 Å². The lowest BCUT2D eigenvalue weighted by Crippen LogP contribution is -2.38. The Bertz CT molecular complexity index is 566. The summed E-state index contributed by atoms with van der Waals surface area (Å²) in [6.07, 6.45) is 0. The van der Waals surface area contributed by atoms with Crippen LogP contribution in [-0.2, 0) is 6.54 Å². The molecule has 112 valence electrons.